The van der Waals surface area contributed by atoms with E-state index in [0.717, 1.165) is 24.3 Å². The first-order chi connectivity index (χ1) is 13.1. The summed E-state index contributed by atoms with van der Waals surface area (Å²) in [6.45, 7) is 3.85. The number of nitrogens with zero attached hydrogens (tertiary/aromatic N) is 2. The monoisotopic (exact) mass is 385 g/mol. The first-order valence-electron chi connectivity index (χ1n) is 9.17. The topological polar surface area (TPSA) is 64.9 Å². The zero-order chi connectivity index (χ0) is 19.2. The Bertz CT molecular complexity index is 832. The number of nitrogens with one attached hydrogen (secondary N) is 1. The van der Waals surface area contributed by atoms with Gasteiger partial charge in [0.25, 0.3) is 5.91 Å². The summed E-state index contributed by atoms with van der Waals surface area (Å²) < 4.78 is 0. The maximum Gasteiger partial charge on any atom is 0.257 e. The second-order valence-electron chi connectivity index (χ2n) is 6.71. The van der Waals surface area contributed by atoms with Gasteiger partial charge in [-0.2, -0.15) is 0 Å². The van der Waals surface area contributed by atoms with E-state index >= 15 is 0 Å². The highest BCUT2D eigenvalue weighted by molar-refractivity contribution is 6.34. The number of benzene rings is 2. The highest BCUT2D eigenvalue weighted by Gasteiger charge is 2.16. The van der Waals surface area contributed by atoms with Crippen molar-refractivity contribution >= 4 is 35.1 Å². The molecular formula is C21H24ClN3O2. The first-order valence-corrected chi connectivity index (χ1v) is 9.55. The van der Waals surface area contributed by atoms with E-state index < -0.39 is 0 Å². The molecule has 2 aromatic carbocycles. The molecule has 142 valence electrons. The largest absolute Gasteiger partial charge is 0.394 e. The van der Waals surface area contributed by atoms with E-state index in [9.17, 15) is 4.79 Å². The van der Waals surface area contributed by atoms with Crippen molar-refractivity contribution in [2.24, 2.45) is 4.99 Å². The quantitative estimate of drug-likeness (QED) is 0.739. The number of hydrogen-bond donors (Lipinski definition) is 2. The molecule has 5 nitrogen and oxygen atoms in total. The summed E-state index contributed by atoms with van der Waals surface area (Å²) in [6.07, 6.45) is 4.04. The Morgan fingerprint density at radius 3 is 2.74 bits per heavy atom. The second kappa shape index (κ2) is 9.02. The maximum absolute atomic E-state index is 12.7. The van der Waals surface area contributed by atoms with Crippen LogP contribution in [0.2, 0.25) is 5.02 Å². The SMILES string of the molecule is C[C@H](CO)N=Cc1ccccc1NC(=O)c1ccc(N2CCCC2)cc1Cl. The summed E-state index contributed by atoms with van der Waals surface area (Å²) in [5.74, 6) is -0.260. The van der Waals surface area contributed by atoms with Crippen LogP contribution in [0.1, 0.15) is 35.7 Å². The van der Waals surface area contributed by atoms with Crippen LogP contribution in [0.4, 0.5) is 11.4 Å². The lowest BCUT2D eigenvalue weighted by Crippen LogP contribution is -2.18. The molecule has 1 amide bonds. The predicted octanol–water partition coefficient (Wildman–Crippen LogP) is 3.99. The van der Waals surface area contributed by atoms with Crippen LogP contribution in [0.25, 0.3) is 0 Å². The van der Waals surface area contributed by atoms with Crippen LogP contribution >= 0.6 is 11.6 Å². The molecule has 2 N–H and O–H groups in total. The van der Waals surface area contributed by atoms with Gasteiger partial charge < -0.3 is 15.3 Å². The Hall–Kier alpha value is -2.37. The molecular weight excluding hydrogens is 362 g/mol. The third kappa shape index (κ3) is 4.87. The van der Waals surface area contributed by atoms with Gasteiger partial charge in [-0.15, -0.1) is 0 Å². The summed E-state index contributed by atoms with van der Waals surface area (Å²) in [6, 6.07) is 12.8. The fraction of sp³-hybridized carbons (Fsp3) is 0.333. The molecule has 1 aliphatic rings. The molecule has 0 saturated carbocycles. The van der Waals surface area contributed by atoms with Gasteiger partial charge in [-0.05, 0) is 44.0 Å². The number of halogens is 1. The Morgan fingerprint density at radius 1 is 1.30 bits per heavy atom. The predicted molar refractivity (Wildman–Crippen MR) is 111 cm³/mol. The zero-order valence-electron chi connectivity index (χ0n) is 15.4. The van der Waals surface area contributed by atoms with Crippen LogP contribution in [0.3, 0.4) is 0 Å². The molecule has 0 bridgehead atoms. The average Bonchev–Trinajstić information content (AvgIpc) is 3.21. The molecule has 0 aliphatic carbocycles. The van der Waals surface area contributed by atoms with Crippen LogP contribution in [0, 0.1) is 0 Å². The van der Waals surface area contributed by atoms with Crippen LogP contribution in [0.15, 0.2) is 47.5 Å². The van der Waals surface area contributed by atoms with E-state index in [2.05, 4.69) is 15.2 Å². The summed E-state index contributed by atoms with van der Waals surface area (Å²) >= 11 is 6.39. The molecule has 1 aliphatic heterocycles. The maximum atomic E-state index is 12.7. The number of anilines is 2. The fourth-order valence-corrected chi connectivity index (χ4v) is 3.29. The van der Waals surface area contributed by atoms with Crippen molar-refractivity contribution in [2.75, 3.05) is 29.9 Å². The average molecular weight is 386 g/mol. The molecule has 1 heterocycles. The Morgan fingerprint density at radius 2 is 2.04 bits per heavy atom. The fourth-order valence-electron chi connectivity index (χ4n) is 3.03. The van der Waals surface area contributed by atoms with Gasteiger partial charge in [0.2, 0.25) is 0 Å². The van der Waals surface area contributed by atoms with Gasteiger partial charge in [0.05, 0.1) is 23.2 Å². The van der Waals surface area contributed by atoms with Crippen LogP contribution < -0.4 is 10.2 Å². The smallest absolute Gasteiger partial charge is 0.257 e. The normalized spacial score (nSPS) is 15.3. The number of carbonyl (C=O) groups excluding carboxylic acids is 1. The van der Waals surface area contributed by atoms with Crippen molar-refractivity contribution in [1.82, 2.24) is 0 Å². The third-order valence-electron chi connectivity index (χ3n) is 4.61. The second-order valence-corrected chi connectivity index (χ2v) is 7.12. The molecule has 1 fully saturated rings. The lowest BCUT2D eigenvalue weighted by Gasteiger charge is -2.18. The molecule has 0 radical (unpaired) electrons. The standard InChI is InChI=1S/C21H24ClN3O2/c1-15(14-26)23-13-16-6-2-3-7-20(16)24-21(27)18-9-8-17(12-19(18)22)25-10-4-5-11-25/h2-3,6-9,12-13,15,26H,4-5,10-11,14H2,1H3,(H,24,27)/t15-/m1/s1. The third-order valence-corrected chi connectivity index (χ3v) is 4.92. The van der Waals surface area contributed by atoms with Crippen LogP contribution in [0.5, 0.6) is 0 Å². The highest BCUT2D eigenvalue weighted by Crippen LogP contribution is 2.27. The highest BCUT2D eigenvalue weighted by atomic mass is 35.5. The minimum atomic E-state index is -0.260. The van der Waals surface area contributed by atoms with Crippen molar-refractivity contribution in [3.63, 3.8) is 0 Å². The molecule has 0 spiro atoms. The van der Waals surface area contributed by atoms with E-state index in [1.165, 1.54) is 12.8 Å². The van der Waals surface area contributed by atoms with Crippen molar-refractivity contribution in [1.29, 1.82) is 0 Å². The number of rotatable bonds is 6. The number of para-hydroxylation sites is 1. The molecule has 1 saturated heterocycles. The van der Waals surface area contributed by atoms with Gasteiger partial charge in [-0.1, -0.05) is 29.8 Å². The van der Waals surface area contributed by atoms with Crippen molar-refractivity contribution in [3.8, 4) is 0 Å². The van der Waals surface area contributed by atoms with Crippen molar-refractivity contribution < 1.29 is 9.90 Å². The summed E-state index contributed by atoms with van der Waals surface area (Å²) in [4.78, 5) is 19.3. The van der Waals surface area contributed by atoms with E-state index in [1.54, 1.807) is 12.3 Å². The molecule has 0 unspecified atom stereocenters. The van der Waals surface area contributed by atoms with E-state index in [4.69, 9.17) is 16.7 Å². The van der Waals surface area contributed by atoms with Crippen LogP contribution in [-0.2, 0) is 0 Å². The van der Waals surface area contributed by atoms with E-state index in [0.29, 0.717) is 16.3 Å². The number of carbonyl (C=O) groups is 1. The number of aliphatic hydroxyl groups excluding tert-OH is 1. The first kappa shape index (κ1) is 19.4. The van der Waals surface area contributed by atoms with E-state index in [1.807, 2.05) is 43.3 Å². The minimum absolute atomic E-state index is 0.0238. The van der Waals surface area contributed by atoms with Gasteiger partial charge in [0.1, 0.15) is 0 Å². The molecule has 27 heavy (non-hydrogen) atoms. The van der Waals surface area contributed by atoms with E-state index in [-0.39, 0.29) is 18.6 Å². The number of aliphatic hydroxyl groups is 1. The number of hydrogen-bond acceptors (Lipinski definition) is 4. The van der Waals surface area contributed by atoms with Gasteiger partial charge in [-0.25, -0.2) is 0 Å². The van der Waals surface area contributed by atoms with Gasteiger partial charge in [-0.3, -0.25) is 9.79 Å². The van der Waals surface area contributed by atoms with Crippen molar-refractivity contribution in [3.05, 3.63) is 58.6 Å². The summed E-state index contributed by atoms with van der Waals surface area (Å²) in [5.41, 5.74) is 2.92. The lowest BCUT2D eigenvalue weighted by atomic mass is 10.1. The Kier molecular flexibility index (Phi) is 6.48. The van der Waals surface area contributed by atoms with Gasteiger partial charge >= 0.3 is 0 Å². The number of aliphatic imine (C=N–C) groups is 1. The van der Waals surface area contributed by atoms with Gasteiger partial charge in [0, 0.05) is 36.2 Å². The Labute approximate surface area is 164 Å². The molecule has 1 atom stereocenters. The van der Waals surface area contributed by atoms with Crippen LogP contribution in [-0.4, -0.2) is 43.0 Å². The molecule has 0 aromatic heterocycles. The van der Waals surface area contributed by atoms with Gasteiger partial charge in [0.15, 0.2) is 0 Å². The minimum Gasteiger partial charge on any atom is -0.394 e. The molecule has 6 heteroatoms. The molecule has 2 aromatic rings. The lowest BCUT2D eigenvalue weighted by molar-refractivity contribution is 0.102. The number of amides is 1. The zero-order valence-corrected chi connectivity index (χ0v) is 16.1. The summed E-state index contributed by atoms with van der Waals surface area (Å²) in [5, 5.41) is 12.5. The Balaban J connectivity index is 1.77. The molecule has 3 rings (SSSR count). The van der Waals surface area contributed by atoms with Crippen molar-refractivity contribution in [2.45, 2.75) is 25.8 Å². The summed E-state index contributed by atoms with van der Waals surface area (Å²) in [7, 11) is 0.